The molecule has 1 heteroatoms. The quantitative estimate of drug-likeness (QED) is 0.404. The molecule has 20 heavy (non-hydrogen) atoms. The first kappa shape index (κ1) is 18.0. The van der Waals surface area contributed by atoms with Crippen LogP contribution in [0.2, 0.25) is 0 Å². The van der Waals surface area contributed by atoms with E-state index in [1.807, 2.05) is 0 Å². The molecule has 1 atom stereocenters. The van der Waals surface area contributed by atoms with Crippen molar-refractivity contribution in [1.82, 2.24) is 5.32 Å². The van der Waals surface area contributed by atoms with Crippen LogP contribution in [0, 0.1) is 5.92 Å². The van der Waals surface area contributed by atoms with Gasteiger partial charge in [-0.15, -0.1) is 0 Å². The van der Waals surface area contributed by atoms with Crippen molar-refractivity contribution in [2.45, 2.75) is 110 Å². The zero-order valence-corrected chi connectivity index (χ0v) is 14.3. The zero-order chi connectivity index (χ0) is 14.5. The van der Waals surface area contributed by atoms with Crippen LogP contribution in [0.5, 0.6) is 0 Å². The van der Waals surface area contributed by atoms with Crippen molar-refractivity contribution in [3.05, 3.63) is 0 Å². The Labute approximate surface area is 128 Å². The SMILES string of the molecule is CCCCCCCCCC(CCC1CCCC1)NCC. The summed E-state index contributed by atoms with van der Waals surface area (Å²) in [6.07, 6.45) is 20.4. The minimum atomic E-state index is 0.802. The van der Waals surface area contributed by atoms with Crippen LogP contribution >= 0.6 is 0 Å². The molecule has 0 spiro atoms. The number of rotatable bonds is 13. The van der Waals surface area contributed by atoms with Crippen molar-refractivity contribution < 1.29 is 0 Å². The molecule has 1 fully saturated rings. The summed E-state index contributed by atoms with van der Waals surface area (Å²) >= 11 is 0. The van der Waals surface area contributed by atoms with Gasteiger partial charge < -0.3 is 5.32 Å². The lowest BCUT2D eigenvalue weighted by Gasteiger charge is -2.19. The molecule has 1 unspecified atom stereocenters. The molecule has 0 aliphatic heterocycles. The maximum Gasteiger partial charge on any atom is 0.00670 e. The largest absolute Gasteiger partial charge is 0.314 e. The third-order valence-electron chi connectivity index (χ3n) is 5.05. The molecule has 1 N–H and O–H groups in total. The molecule has 1 aliphatic carbocycles. The highest BCUT2D eigenvalue weighted by atomic mass is 14.9. The normalized spacial score (nSPS) is 17.7. The third kappa shape index (κ3) is 9.00. The van der Waals surface area contributed by atoms with Gasteiger partial charge in [-0.2, -0.15) is 0 Å². The first-order valence-electron chi connectivity index (χ1n) is 9.60. The Morgan fingerprint density at radius 1 is 0.850 bits per heavy atom. The van der Waals surface area contributed by atoms with Gasteiger partial charge in [0, 0.05) is 6.04 Å². The van der Waals surface area contributed by atoms with Crippen molar-refractivity contribution in [3.63, 3.8) is 0 Å². The van der Waals surface area contributed by atoms with Gasteiger partial charge in [0.1, 0.15) is 0 Å². The number of hydrogen-bond donors (Lipinski definition) is 1. The summed E-state index contributed by atoms with van der Waals surface area (Å²) in [5.41, 5.74) is 0. The smallest absolute Gasteiger partial charge is 0.00670 e. The van der Waals surface area contributed by atoms with Crippen LogP contribution in [0.4, 0.5) is 0 Å². The van der Waals surface area contributed by atoms with E-state index < -0.39 is 0 Å². The second-order valence-electron chi connectivity index (χ2n) is 6.89. The summed E-state index contributed by atoms with van der Waals surface area (Å²) in [6.45, 7) is 5.70. The molecule has 1 saturated carbocycles. The van der Waals surface area contributed by atoms with Crippen LogP contribution in [0.25, 0.3) is 0 Å². The van der Waals surface area contributed by atoms with E-state index in [1.54, 1.807) is 0 Å². The van der Waals surface area contributed by atoms with Crippen LogP contribution in [-0.2, 0) is 0 Å². The Hall–Kier alpha value is -0.0400. The van der Waals surface area contributed by atoms with Crippen LogP contribution in [0.3, 0.4) is 0 Å². The lowest BCUT2D eigenvalue weighted by atomic mass is 9.95. The van der Waals surface area contributed by atoms with Gasteiger partial charge in [0.05, 0.1) is 0 Å². The van der Waals surface area contributed by atoms with Crippen molar-refractivity contribution in [3.8, 4) is 0 Å². The Balaban J connectivity index is 1.99. The maximum absolute atomic E-state index is 3.72. The fourth-order valence-electron chi connectivity index (χ4n) is 3.72. The molecule has 0 amide bonds. The summed E-state index contributed by atoms with van der Waals surface area (Å²) < 4.78 is 0. The molecule has 0 aromatic carbocycles. The zero-order valence-electron chi connectivity index (χ0n) is 14.3. The van der Waals surface area contributed by atoms with E-state index in [0.717, 1.165) is 18.5 Å². The maximum atomic E-state index is 3.72. The molecule has 0 radical (unpaired) electrons. The standard InChI is InChI=1S/C19H39N/c1-3-5-6-7-8-9-10-15-19(20-4-2)17-16-18-13-11-12-14-18/h18-20H,3-17H2,1-2H3. The van der Waals surface area contributed by atoms with Crippen molar-refractivity contribution >= 4 is 0 Å². The fraction of sp³-hybridized carbons (Fsp3) is 1.00. The second-order valence-corrected chi connectivity index (χ2v) is 6.89. The minimum Gasteiger partial charge on any atom is -0.314 e. The van der Waals surface area contributed by atoms with Crippen molar-refractivity contribution in [1.29, 1.82) is 0 Å². The van der Waals surface area contributed by atoms with Gasteiger partial charge in [0.15, 0.2) is 0 Å². The molecule has 0 bridgehead atoms. The predicted molar refractivity (Wildman–Crippen MR) is 91.3 cm³/mol. The van der Waals surface area contributed by atoms with E-state index in [4.69, 9.17) is 0 Å². The van der Waals surface area contributed by atoms with Gasteiger partial charge in [0.2, 0.25) is 0 Å². The summed E-state index contributed by atoms with van der Waals surface area (Å²) in [5, 5.41) is 3.72. The van der Waals surface area contributed by atoms with Crippen molar-refractivity contribution in [2.24, 2.45) is 5.92 Å². The summed E-state index contributed by atoms with van der Waals surface area (Å²) in [5.74, 6) is 1.06. The number of nitrogens with one attached hydrogen (secondary N) is 1. The minimum absolute atomic E-state index is 0.802. The summed E-state index contributed by atoms with van der Waals surface area (Å²) in [4.78, 5) is 0. The van der Waals surface area contributed by atoms with Gasteiger partial charge in [-0.1, -0.05) is 84.5 Å². The second kappa shape index (κ2) is 12.7. The van der Waals surface area contributed by atoms with E-state index in [2.05, 4.69) is 19.2 Å². The van der Waals surface area contributed by atoms with Crippen molar-refractivity contribution in [2.75, 3.05) is 6.54 Å². The van der Waals surface area contributed by atoms with Crippen LogP contribution < -0.4 is 5.32 Å². The monoisotopic (exact) mass is 281 g/mol. The average molecular weight is 282 g/mol. The van der Waals surface area contributed by atoms with Crippen LogP contribution in [0.15, 0.2) is 0 Å². The van der Waals surface area contributed by atoms with Gasteiger partial charge in [-0.25, -0.2) is 0 Å². The Bertz CT molecular complexity index is 196. The molecule has 0 saturated heterocycles. The predicted octanol–water partition coefficient (Wildman–Crippen LogP) is 6.08. The molecule has 0 heterocycles. The molecular formula is C19H39N. The summed E-state index contributed by atoms with van der Waals surface area (Å²) in [6, 6.07) is 0.802. The topological polar surface area (TPSA) is 12.0 Å². The summed E-state index contributed by atoms with van der Waals surface area (Å²) in [7, 11) is 0. The molecule has 0 aromatic heterocycles. The Morgan fingerprint density at radius 2 is 1.50 bits per heavy atom. The highest BCUT2D eigenvalue weighted by molar-refractivity contribution is 4.72. The van der Waals surface area contributed by atoms with Crippen LogP contribution in [0.1, 0.15) is 104 Å². The van der Waals surface area contributed by atoms with Gasteiger partial charge in [0.25, 0.3) is 0 Å². The number of unbranched alkanes of at least 4 members (excludes halogenated alkanes) is 6. The van der Waals surface area contributed by atoms with E-state index >= 15 is 0 Å². The highest BCUT2D eigenvalue weighted by Gasteiger charge is 2.16. The van der Waals surface area contributed by atoms with Gasteiger partial charge >= 0.3 is 0 Å². The van der Waals surface area contributed by atoms with E-state index in [0.29, 0.717) is 0 Å². The number of hydrogen-bond acceptors (Lipinski definition) is 1. The molecule has 1 rings (SSSR count). The van der Waals surface area contributed by atoms with E-state index in [1.165, 1.54) is 89.9 Å². The Morgan fingerprint density at radius 3 is 2.15 bits per heavy atom. The van der Waals surface area contributed by atoms with E-state index in [-0.39, 0.29) is 0 Å². The fourth-order valence-corrected chi connectivity index (χ4v) is 3.72. The Kier molecular flexibility index (Phi) is 11.4. The molecule has 120 valence electrons. The molecule has 1 aliphatic rings. The molecular weight excluding hydrogens is 242 g/mol. The van der Waals surface area contributed by atoms with E-state index in [9.17, 15) is 0 Å². The lowest BCUT2D eigenvalue weighted by Crippen LogP contribution is -2.29. The lowest BCUT2D eigenvalue weighted by molar-refractivity contribution is 0.383. The highest BCUT2D eigenvalue weighted by Crippen LogP contribution is 2.29. The molecule has 0 aromatic rings. The van der Waals surface area contributed by atoms with Crippen LogP contribution in [-0.4, -0.2) is 12.6 Å². The average Bonchev–Trinajstić information content (AvgIpc) is 2.97. The molecule has 1 nitrogen and oxygen atoms in total. The third-order valence-corrected chi connectivity index (χ3v) is 5.05. The first-order valence-corrected chi connectivity index (χ1v) is 9.60. The van der Waals surface area contributed by atoms with Gasteiger partial charge in [-0.05, 0) is 31.7 Å². The van der Waals surface area contributed by atoms with Gasteiger partial charge in [-0.3, -0.25) is 0 Å². The first-order chi connectivity index (χ1) is 9.86.